The summed E-state index contributed by atoms with van der Waals surface area (Å²) in [6.45, 7) is 1.30. The fourth-order valence-corrected chi connectivity index (χ4v) is 1.79. The van der Waals surface area contributed by atoms with Crippen molar-refractivity contribution in [3.63, 3.8) is 0 Å². The van der Waals surface area contributed by atoms with Gasteiger partial charge in [0.05, 0.1) is 26.0 Å². The van der Waals surface area contributed by atoms with Crippen LogP contribution in [0, 0.1) is 5.82 Å². The van der Waals surface area contributed by atoms with Crippen LogP contribution >= 0.6 is 0 Å². The van der Waals surface area contributed by atoms with Gasteiger partial charge in [-0.1, -0.05) is 0 Å². The van der Waals surface area contributed by atoms with Gasteiger partial charge in [0.1, 0.15) is 11.9 Å². The Hall–Kier alpha value is -1.49. The maximum absolute atomic E-state index is 13.6. The molecule has 5 heteroatoms. The second-order valence-corrected chi connectivity index (χ2v) is 3.95. The van der Waals surface area contributed by atoms with Crippen LogP contribution in [-0.2, 0) is 4.74 Å². The lowest BCUT2D eigenvalue weighted by molar-refractivity contribution is 0.0239. The lowest BCUT2D eigenvalue weighted by Crippen LogP contribution is -2.26. The van der Waals surface area contributed by atoms with Crippen molar-refractivity contribution in [2.75, 3.05) is 26.1 Å². The van der Waals surface area contributed by atoms with E-state index in [1.807, 2.05) is 0 Å². The maximum Gasteiger partial charge on any atom is 0.167 e. The summed E-state index contributed by atoms with van der Waals surface area (Å²) < 4.78 is 29.5. The molecule has 94 valence electrons. The topological polar surface area (TPSA) is 53.7 Å². The first-order chi connectivity index (χ1) is 8.20. The molecule has 1 fully saturated rings. The summed E-state index contributed by atoms with van der Waals surface area (Å²) in [5, 5.41) is 0. The molecule has 2 N–H and O–H groups in total. The highest BCUT2D eigenvalue weighted by Gasteiger charge is 2.18. The van der Waals surface area contributed by atoms with E-state index in [1.165, 1.54) is 19.2 Å². The van der Waals surface area contributed by atoms with Crippen LogP contribution in [0.5, 0.6) is 11.5 Å². The Bertz CT molecular complexity index is 392. The Labute approximate surface area is 99.5 Å². The molecule has 0 saturated carbocycles. The van der Waals surface area contributed by atoms with E-state index in [0.29, 0.717) is 19.0 Å². The molecule has 2 rings (SSSR count). The number of nitrogens with two attached hydrogens (primary N) is 1. The number of hydrogen-bond donors (Lipinski definition) is 1. The summed E-state index contributed by atoms with van der Waals surface area (Å²) in [4.78, 5) is 0. The maximum atomic E-state index is 13.6. The normalized spacial score (nSPS) is 16.8. The first kappa shape index (κ1) is 12.0. The van der Waals surface area contributed by atoms with E-state index in [0.717, 1.165) is 12.8 Å². The lowest BCUT2D eigenvalue weighted by Gasteiger charge is -2.23. The molecule has 0 aromatic heterocycles. The van der Waals surface area contributed by atoms with E-state index in [-0.39, 0.29) is 17.5 Å². The van der Waals surface area contributed by atoms with Crippen LogP contribution in [0.2, 0.25) is 0 Å². The number of nitrogen functional groups attached to an aromatic ring is 1. The van der Waals surface area contributed by atoms with E-state index in [1.54, 1.807) is 0 Å². The molecule has 1 aliphatic heterocycles. The molecule has 1 aromatic rings. The van der Waals surface area contributed by atoms with Crippen LogP contribution in [0.3, 0.4) is 0 Å². The molecule has 1 aliphatic rings. The molecule has 0 spiro atoms. The fourth-order valence-electron chi connectivity index (χ4n) is 1.79. The van der Waals surface area contributed by atoms with Crippen molar-refractivity contribution in [2.24, 2.45) is 0 Å². The van der Waals surface area contributed by atoms with E-state index in [2.05, 4.69) is 0 Å². The molecule has 1 aromatic carbocycles. The summed E-state index contributed by atoms with van der Waals surface area (Å²) in [7, 11) is 1.49. The second-order valence-electron chi connectivity index (χ2n) is 3.95. The van der Waals surface area contributed by atoms with Crippen LogP contribution < -0.4 is 15.2 Å². The molecule has 0 bridgehead atoms. The number of methoxy groups -OCH3 is 1. The van der Waals surface area contributed by atoms with Gasteiger partial charge >= 0.3 is 0 Å². The molecule has 0 aliphatic carbocycles. The molecule has 0 radical (unpaired) electrons. The Balaban J connectivity index is 2.13. The number of ether oxygens (including phenoxy) is 3. The molecule has 4 nitrogen and oxygen atoms in total. The minimum absolute atomic E-state index is 0.00780. The van der Waals surface area contributed by atoms with E-state index in [9.17, 15) is 4.39 Å². The summed E-state index contributed by atoms with van der Waals surface area (Å²) in [6, 6.07) is 2.70. The zero-order chi connectivity index (χ0) is 12.3. The van der Waals surface area contributed by atoms with Crippen molar-refractivity contribution >= 4 is 5.69 Å². The highest BCUT2D eigenvalue weighted by atomic mass is 19.1. The predicted molar refractivity (Wildman–Crippen MR) is 61.8 cm³/mol. The Morgan fingerprint density at radius 3 is 2.65 bits per heavy atom. The number of hydrogen-bond acceptors (Lipinski definition) is 4. The second kappa shape index (κ2) is 5.23. The van der Waals surface area contributed by atoms with Crippen molar-refractivity contribution in [3.8, 4) is 11.5 Å². The van der Waals surface area contributed by atoms with Crippen LogP contribution in [0.25, 0.3) is 0 Å². The SMILES string of the molecule is COc1cc(OC2CCOCC2)c(F)cc1N. The van der Waals surface area contributed by atoms with Gasteiger partial charge in [-0.3, -0.25) is 0 Å². The predicted octanol–water partition coefficient (Wildman–Crippen LogP) is 1.97. The molecule has 1 heterocycles. The van der Waals surface area contributed by atoms with Gasteiger partial charge in [0, 0.05) is 25.0 Å². The lowest BCUT2D eigenvalue weighted by atomic mass is 10.1. The average Bonchev–Trinajstić information content (AvgIpc) is 2.34. The first-order valence-corrected chi connectivity index (χ1v) is 5.58. The monoisotopic (exact) mass is 241 g/mol. The van der Waals surface area contributed by atoms with Crippen LogP contribution in [0.1, 0.15) is 12.8 Å². The van der Waals surface area contributed by atoms with Crippen molar-refractivity contribution in [1.82, 2.24) is 0 Å². The van der Waals surface area contributed by atoms with Crippen LogP contribution in [0.15, 0.2) is 12.1 Å². The van der Waals surface area contributed by atoms with Crippen LogP contribution in [-0.4, -0.2) is 26.4 Å². The third kappa shape index (κ3) is 2.79. The Kier molecular flexibility index (Phi) is 3.68. The van der Waals surface area contributed by atoms with Crippen molar-refractivity contribution in [3.05, 3.63) is 17.9 Å². The van der Waals surface area contributed by atoms with Gasteiger partial charge in [-0.25, -0.2) is 4.39 Å². The third-order valence-electron chi connectivity index (χ3n) is 2.75. The minimum atomic E-state index is -0.463. The van der Waals surface area contributed by atoms with Gasteiger partial charge in [0.2, 0.25) is 0 Å². The Morgan fingerprint density at radius 1 is 1.29 bits per heavy atom. The molecular formula is C12H16FNO3. The quantitative estimate of drug-likeness (QED) is 0.822. The fraction of sp³-hybridized carbons (Fsp3) is 0.500. The summed E-state index contributed by atoms with van der Waals surface area (Å²) in [6.07, 6.45) is 1.53. The number of anilines is 1. The number of benzene rings is 1. The van der Waals surface area contributed by atoms with Crippen molar-refractivity contribution in [2.45, 2.75) is 18.9 Å². The largest absolute Gasteiger partial charge is 0.494 e. The summed E-state index contributed by atoms with van der Waals surface area (Å²) in [5.41, 5.74) is 5.86. The first-order valence-electron chi connectivity index (χ1n) is 5.58. The standard InChI is InChI=1S/C12H16FNO3/c1-15-12-7-11(9(13)6-10(12)14)17-8-2-4-16-5-3-8/h6-8H,2-5,14H2,1H3. The summed E-state index contributed by atoms with van der Waals surface area (Å²) in [5.74, 6) is 0.145. The molecule has 0 atom stereocenters. The Morgan fingerprint density at radius 2 is 2.00 bits per heavy atom. The highest BCUT2D eigenvalue weighted by molar-refractivity contribution is 5.56. The van der Waals surface area contributed by atoms with Gasteiger partial charge < -0.3 is 19.9 Å². The van der Waals surface area contributed by atoms with Crippen molar-refractivity contribution < 1.29 is 18.6 Å². The van der Waals surface area contributed by atoms with Gasteiger partial charge in [-0.15, -0.1) is 0 Å². The minimum Gasteiger partial charge on any atom is -0.494 e. The van der Waals surface area contributed by atoms with E-state index in [4.69, 9.17) is 19.9 Å². The number of halogens is 1. The zero-order valence-corrected chi connectivity index (χ0v) is 9.74. The van der Waals surface area contributed by atoms with E-state index >= 15 is 0 Å². The van der Waals surface area contributed by atoms with Crippen LogP contribution in [0.4, 0.5) is 10.1 Å². The molecule has 0 amide bonds. The van der Waals surface area contributed by atoms with Gasteiger partial charge in [0.25, 0.3) is 0 Å². The summed E-state index contributed by atoms with van der Waals surface area (Å²) >= 11 is 0. The molecule has 0 unspecified atom stereocenters. The van der Waals surface area contributed by atoms with Gasteiger partial charge in [-0.2, -0.15) is 0 Å². The van der Waals surface area contributed by atoms with Gasteiger partial charge in [0.15, 0.2) is 11.6 Å². The molecule has 17 heavy (non-hydrogen) atoms. The molecule has 1 saturated heterocycles. The van der Waals surface area contributed by atoms with Gasteiger partial charge in [-0.05, 0) is 0 Å². The highest BCUT2D eigenvalue weighted by Crippen LogP contribution is 2.31. The number of rotatable bonds is 3. The zero-order valence-electron chi connectivity index (χ0n) is 9.74. The smallest absolute Gasteiger partial charge is 0.167 e. The van der Waals surface area contributed by atoms with Crippen molar-refractivity contribution in [1.29, 1.82) is 0 Å². The molecular weight excluding hydrogens is 225 g/mol. The average molecular weight is 241 g/mol. The van der Waals surface area contributed by atoms with E-state index < -0.39 is 5.82 Å². The third-order valence-corrected chi connectivity index (χ3v) is 2.75.